The van der Waals surface area contributed by atoms with E-state index in [0.717, 1.165) is 17.4 Å². The highest BCUT2D eigenvalue weighted by atomic mass is 79.9. The number of aromatic nitrogens is 1. The lowest BCUT2D eigenvalue weighted by atomic mass is 10.0. The third kappa shape index (κ3) is 3.93. The maximum absolute atomic E-state index is 11.9. The van der Waals surface area contributed by atoms with E-state index in [-0.39, 0.29) is 11.4 Å². The number of alkyl halides is 1. The fourth-order valence-corrected chi connectivity index (χ4v) is 2.27. The molecule has 0 aliphatic carbocycles. The third-order valence-corrected chi connectivity index (χ3v) is 2.74. The summed E-state index contributed by atoms with van der Waals surface area (Å²) < 4.78 is 0. The van der Waals surface area contributed by atoms with Crippen LogP contribution in [-0.2, 0) is 0 Å². The number of aryl methyl sites for hydroxylation is 1. The van der Waals surface area contributed by atoms with Crippen LogP contribution < -0.4 is 5.32 Å². The molecular weight excluding hydrogens is 268 g/mol. The first-order valence-corrected chi connectivity index (χ1v) is 6.38. The molecule has 0 aliphatic rings. The van der Waals surface area contributed by atoms with Crippen LogP contribution in [0, 0.1) is 6.92 Å². The van der Waals surface area contributed by atoms with Gasteiger partial charge in [-0.05, 0) is 39.3 Å². The van der Waals surface area contributed by atoms with E-state index in [1.807, 2.05) is 26.8 Å². The van der Waals surface area contributed by atoms with E-state index in [9.17, 15) is 4.79 Å². The van der Waals surface area contributed by atoms with Gasteiger partial charge in [-0.15, -0.1) is 0 Å². The zero-order chi connectivity index (χ0) is 12.2. The number of hydrogen-bond acceptors (Lipinski definition) is 2. The molecule has 1 heterocycles. The molecule has 0 saturated carbocycles. The highest BCUT2D eigenvalue weighted by molar-refractivity contribution is 9.09. The van der Waals surface area contributed by atoms with Crippen molar-refractivity contribution in [3.8, 4) is 0 Å². The normalized spacial score (nSPS) is 11.2. The minimum atomic E-state index is -0.203. The Morgan fingerprint density at radius 2 is 2.19 bits per heavy atom. The molecule has 3 nitrogen and oxygen atoms in total. The van der Waals surface area contributed by atoms with Crippen molar-refractivity contribution in [2.75, 3.05) is 5.33 Å². The van der Waals surface area contributed by atoms with Crippen LogP contribution >= 0.6 is 15.9 Å². The minimum absolute atomic E-state index is 0.0709. The molecule has 0 saturated heterocycles. The summed E-state index contributed by atoms with van der Waals surface area (Å²) in [4.78, 5) is 16.0. The lowest BCUT2D eigenvalue weighted by Crippen LogP contribution is -2.43. The summed E-state index contributed by atoms with van der Waals surface area (Å²) in [5.41, 5.74) is 1.32. The highest BCUT2D eigenvalue weighted by Crippen LogP contribution is 2.11. The Bertz CT molecular complexity index is 360. The van der Waals surface area contributed by atoms with Crippen LogP contribution in [0.4, 0.5) is 0 Å². The molecule has 88 valence electrons. The fourth-order valence-electron chi connectivity index (χ4n) is 1.28. The molecule has 0 fully saturated rings. The van der Waals surface area contributed by atoms with Crippen molar-refractivity contribution in [2.45, 2.75) is 32.7 Å². The predicted molar refractivity (Wildman–Crippen MR) is 68.9 cm³/mol. The van der Waals surface area contributed by atoms with Crippen LogP contribution in [0.15, 0.2) is 18.3 Å². The molecule has 4 heteroatoms. The molecule has 1 rings (SSSR count). The standard InChI is InChI=1S/C12H17BrN2O/c1-9-4-5-10(8-14-9)11(16)15-12(2,3)6-7-13/h4-5,8H,6-7H2,1-3H3,(H,15,16). The third-order valence-electron chi connectivity index (χ3n) is 2.34. The Morgan fingerprint density at radius 1 is 1.50 bits per heavy atom. The topological polar surface area (TPSA) is 42.0 Å². The molecule has 0 spiro atoms. The van der Waals surface area contributed by atoms with E-state index < -0.39 is 0 Å². The van der Waals surface area contributed by atoms with Gasteiger partial charge in [-0.25, -0.2) is 0 Å². The van der Waals surface area contributed by atoms with Crippen molar-refractivity contribution in [1.82, 2.24) is 10.3 Å². The number of halogens is 1. The van der Waals surface area contributed by atoms with Crippen LogP contribution in [0.2, 0.25) is 0 Å². The summed E-state index contributed by atoms with van der Waals surface area (Å²) in [7, 11) is 0. The van der Waals surface area contributed by atoms with Gasteiger partial charge in [-0.2, -0.15) is 0 Å². The van der Waals surface area contributed by atoms with E-state index in [4.69, 9.17) is 0 Å². The van der Waals surface area contributed by atoms with Gasteiger partial charge >= 0.3 is 0 Å². The molecular formula is C12H17BrN2O. The van der Waals surface area contributed by atoms with Gasteiger partial charge in [0.05, 0.1) is 5.56 Å². The number of nitrogens with zero attached hydrogens (tertiary/aromatic N) is 1. The van der Waals surface area contributed by atoms with Gasteiger partial charge < -0.3 is 5.32 Å². The predicted octanol–water partition coefficient (Wildman–Crippen LogP) is 2.68. The Labute approximate surface area is 105 Å². The van der Waals surface area contributed by atoms with Crippen LogP contribution in [0.1, 0.15) is 36.3 Å². The zero-order valence-corrected chi connectivity index (χ0v) is 11.5. The van der Waals surface area contributed by atoms with E-state index in [0.29, 0.717) is 5.56 Å². The summed E-state index contributed by atoms with van der Waals surface area (Å²) in [5.74, 6) is -0.0709. The number of carbonyl (C=O) groups excluding carboxylic acids is 1. The van der Waals surface area contributed by atoms with Crippen molar-refractivity contribution in [3.63, 3.8) is 0 Å². The van der Waals surface area contributed by atoms with E-state index in [1.54, 1.807) is 12.3 Å². The average Bonchev–Trinajstić information content (AvgIpc) is 2.17. The number of hydrogen-bond donors (Lipinski definition) is 1. The molecule has 0 aromatic carbocycles. The lowest BCUT2D eigenvalue weighted by molar-refractivity contribution is 0.0911. The Hall–Kier alpha value is -0.900. The molecule has 0 unspecified atom stereocenters. The van der Waals surface area contributed by atoms with Crippen LogP contribution in [0.3, 0.4) is 0 Å². The molecule has 1 aromatic rings. The maximum Gasteiger partial charge on any atom is 0.253 e. The number of rotatable bonds is 4. The van der Waals surface area contributed by atoms with Gasteiger partial charge in [-0.1, -0.05) is 15.9 Å². The number of pyridine rings is 1. The fraction of sp³-hybridized carbons (Fsp3) is 0.500. The minimum Gasteiger partial charge on any atom is -0.347 e. The quantitative estimate of drug-likeness (QED) is 0.864. The SMILES string of the molecule is Cc1ccc(C(=O)NC(C)(C)CCBr)cn1. The molecule has 1 amide bonds. The van der Waals surface area contributed by atoms with E-state index in [1.165, 1.54) is 0 Å². The Morgan fingerprint density at radius 3 is 2.69 bits per heavy atom. The second-order valence-corrected chi connectivity index (χ2v) is 5.26. The summed E-state index contributed by atoms with van der Waals surface area (Å²) >= 11 is 3.38. The molecule has 1 aromatic heterocycles. The van der Waals surface area contributed by atoms with Gasteiger partial charge in [0.25, 0.3) is 5.91 Å². The van der Waals surface area contributed by atoms with Crippen molar-refractivity contribution in [2.24, 2.45) is 0 Å². The largest absolute Gasteiger partial charge is 0.347 e. The second-order valence-electron chi connectivity index (χ2n) is 4.47. The number of amides is 1. The van der Waals surface area contributed by atoms with Crippen molar-refractivity contribution >= 4 is 21.8 Å². The van der Waals surface area contributed by atoms with Gasteiger partial charge in [0.1, 0.15) is 0 Å². The lowest BCUT2D eigenvalue weighted by Gasteiger charge is -2.25. The molecule has 0 bridgehead atoms. The molecule has 1 N–H and O–H groups in total. The first-order valence-electron chi connectivity index (χ1n) is 5.26. The average molecular weight is 285 g/mol. The van der Waals surface area contributed by atoms with Gasteiger partial charge in [0.2, 0.25) is 0 Å². The monoisotopic (exact) mass is 284 g/mol. The Balaban J connectivity index is 2.69. The first kappa shape index (κ1) is 13.2. The summed E-state index contributed by atoms with van der Waals surface area (Å²) in [5, 5.41) is 3.85. The smallest absolute Gasteiger partial charge is 0.253 e. The first-order chi connectivity index (χ1) is 7.44. The summed E-state index contributed by atoms with van der Waals surface area (Å²) in [6.07, 6.45) is 2.49. The molecule has 0 atom stereocenters. The molecule has 0 radical (unpaired) electrons. The van der Waals surface area contributed by atoms with Crippen molar-refractivity contribution in [1.29, 1.82) is 0 Å². The number of nitrogens with one attached hydrogen (secondary N) is 1. The summed E-state index contributed by atoms with van der Waals surface area (Å²) in [6.45, 7) is 5.91. The van der Waals surface area contributed by atoms with E-state index >= 15 is 0 Å². The molecule has 16 heavy (non-hydrogen) atoms. The van der Waals surface area contributed by atoms with Gasteiger partial charge in [-0.3, -0.25) is 9.78 Å². The highest BCUT2D eigenvalue weighted by Gasteiger charge is 2.20. The van der Waals surface area contributed by atoms with E-state index in [2.05, 4.69) is 26.2 Å². The van der Waals surface area contributed by atoms with Gasteiger partial charge in [0, 0.05) is 22.8 Å². The van der Waals surface area contributed by atoms with Gasteiger partial charge in [0.15, 0.2) is 0 Å². The number of carbonyl (C=O) groups is 1. The van der Waals surface area contributed by atoms with Crippen molar-refractivity contribution in [3.05, 3.63) is 29.6 Å². The van der Waals surface area contributed by atoms with Crippen molar-refractivity contribution < 1.29 is 4.79 Å². The van der Waals surface area contributed by atoms with Crippen LogP contribution in [0.5, 0.6) is 0 Å². The van der Waals surface area contributed by atoms with Crippen LogP contribution in [-0.4, -0.2) is 21.8 Å². The maximum atomic E-state index is 11.9. The zero-order valence-electron chi connectivity index (χ0n) is 9.88. The van der Waals surface area contributed by atoms with Crippen LogP contribution in [0.25, 0.3) is 0 Å². The summed E-state index contributed by atoms with van der Waals surface area (Å²) in [6, 6.07) is 3.63. The Kier molecular flexibility index (Phi) is 4.47. The molecule has 0 aliphatic heterocycles. The second kappa shape index (κ2) is 5.43.